The molecule has 1 atom stereocenters. The maximum atomic E-state index is 14.6. The summed E-state index contributed by atoms with van der Waals surface area (Å²) in [6.45, 7) is 0. The van der Waals surface area contributed by atoms with E-state index in [1.54, 1.807) is 0 Å². The smallest absolute Gasteiger partial charge is 0.312 e. The van der Waals surface area contributed by atoms with Gasteiger partial charge in [-0.05, 0) is 29.3 Å². The maximum Gasteiger partial charge on any atom is 0.312 e. The molecular weight excluding hydrogens is 441 g/mol. The first-order valence-electron chi connectivity index (χ1n) is 9.71. The number of carbonyl (C=O) groups excluding carboxylic acids is 1. The van der Waals surface area contributed by atoms with Crippen LogP contribution in [-0.4, -0.2) is 16.2 Å². The van der Waals surface area contributed by atoms with Crippen molar-refractivity contribution in [2.45, 2.75) is 12.3 Å². The molecule has 0 aliphatic carbocycles. The lowest BCUT2D eigenvalue weighted by Gasteiger charge is -2.26. The first-order valence-corrected chi connectivity index (χ1v) is 9.71. The van der Waals surface area contributed by atoms with Gasteiger partial charge in [-0.1, -0.05) is 18.2 Å². The molecule has 0 bridgehead atoms. The zero-order valence-electron chi connectivity index (χ0n) is 16.6. The van der Waals surface area contributed by atoms with Crippen LogP contribution in [0.15, 0.2) is 57.9 Å². The fourth-order valence-electron chi connectivity index (χ4n) is 4.05. The Hall–Kier alpha value is -4.27. The van der Waals surface area contributed by atoms with E-state index < -0.39 is 46.9 Å². The van der Waals surface area contributed by atoms with E-state index in [0.29, 0.717) is 5.56 Å². The Kier molecular flexibility index (Phi) is 4.63. The van der Waals surface area contributed by atoms with Crippen LogP contribution in [0.1, 0.15) is 23.5 Å². The average Bonchev–Trinajstić information content (AvgIpc) is 2.77. The van der Waals surface area contributed by atoms with Crippen LogP contribution in [0, 0.1) is 17.5 Å². The Morgan fingerprint density at radius 3 is 2.39 bits per heavy atom. The summed E-state index contributed by atoms with van der Waals surface area (Å²) < 4.78 is 52.8. The molecule has 9 heteroatoms. The van der Waals surface area contributed by atoms with Gasteiger partial charge in [0.2, 0.25) is 5.43 Å². The number of phenols is 2. The van der Waals surface area contributed by atoms with E-state index in [1.807, 2.05) is 0 Å². The lowest BCUT2D eigenvalue weighted by molar-refractivity contribution is -0.135. The lowest BCUT2D eigenvalue weighted by Crippen LogP contribution is -2.23. The monoisotopic (exact) mass is 454 g/mol. The molecule has 3 aromatic carbocycles. The van der Waals surface area contributed by atoms with Crippen molar-refractivity contribution in [1.29, 1.82) is 0 Å². The second kappa shape index (κ2) is 7.40. The van der Waals surface area contributed by atoms with Gasteiger partial charge in [-0.15, -0.1) is 0 Å². The van der Waals surface area contributed by atoms with Crippen molar-refractivity contribution >= 4 is 16.9 Å². The summed E-state index contributed by atoms with van der Waals surface area (Å²) >= 11 is 0. The molecule has 1 aliphatic rings. The van der Waals surface area contributed by atoms with Gasteiger partial charge in [-0.25, -0.2) is 13.2 Å². The van der Waals surface area contributed by atoms with Crippen molar-refractivity contribution in [2.24, 2.45) is 0 Å². The highest BCUT2D eigenvalue weighted by molar-refractivity contribution is 5.94. The molecule has 0 radical (unpaired) electrons. The minimum Gasteiger partial charge on any atom is -0.508 e. The highest BCUT2D eigenvalue weighted by atomic mass is 19.2. The van der Waals surface area contributed by atoms with Crippen LogP contribution in [0.4, 0.5) is 13.2 Å². The molecule has 0 spiro atoms. The molecule has 0 saturated heterocycles. The summed E-state index contributed by atoms with van der Waals surface area (Å²) in [5, 5.41) is 19.7. The Bertz CT molecular complexity index is 1510. The van der Waals surface area contributed by atoms with E-state index in [9.17, 15) is 33.0 Å². The summed E-state index contributed by atoms with van der Waals surface area (Å²) in [6, 6.07) is 8.45. The van der Waals surface area contributed by atoms with Gasteiger partial charge in [-0.3, -0.25) is 9.59 Å². The second-order valence-electron chi connectivity index (χ2n) is 7.53. The zero-order valence-corrected chi connectivity index (χ0v) is 16.6. The quantitative estimate of drug-likeness (QED) is 0.258. The molecule has 33 heavy (non-hydrogen) atoms. The van der Waals surface area contributed by atoms with Gasteiger partial charge in [0.1, 0.15) is 34.5 Å². The highest BCUT2D eigenvalue weighted by Gasteiger charge is 2.36. The van der Waals surface area contributed by atoms with Crippen LogP contribution in [0.5, 0.6) is 17.2 Å². The lowest BCUT2D eigenvalue weighted by atomic mass is 9.84. The molecule has 0 saturated carbocycles. The third kappa shape index (κ3) is 3.20. The first-order chi connectivity index (χ1) is 15.8. The molecule has 0 unspecified atom stereocenters. The number of benzene rings is 3. The topological polar surface area (TPSA) is 97.0 Å². The van der Waals surface area contributed by atoms with Crippen molar-refractivity contribution in [2.75, 3.05) is 0 Å². The van der Waals surface area contributed by atoms with E-state index in [4.69, 9.17) is 9.15 Å². The van der Waals surface area contributed by atoms with Gasteiger partial charge < -0.3 is 19.4 Å². The molecule has 5 rings (SSSR count). The van der Waals surface area contributed by atoms with Crippen molar-refractivity contribution < 1.29 is 37.3 Å². The van der Waals surface area contributed by atoms with Gasteiger partial charge in [0.25, 0.3) is 0 Å². The minimum atomic E-state index is -1.70. The summed E-state index contributed by atoms with van der Waals surface area (Å²) in [5.74, 6) is -7.28. The molecule has 2 N–H and O–H groups in total. The number of aromatic hydroxyl groups is 2. The predicted molar refractivity (Wildman–Crippen MR) is 110 cm³/mol. The minimum absolute atomic E-state index is 0.0148. The van der Waals surface area contributed by atoms with Crippen LogP contribution in [0.3, 0.4) is 0 Å². The number of hydrogen-bond donors (Lipinski definition) is 2. The molecule has 6 nitrogen and oxygen atoms in total. The Balaban J connectivity index is 1.79. The van der Waals surface area contributed by atoms with Crippen molar-refractivity contribution in [3.05, 3.63) is 87.5 Å². The van der Waals surface area contributed by atoms with E-state index in [0.717, 1.165) is 24.5 Å². The summed E-state index contributed by atoms with van der Waals surface area (Å²) in [7, 11) is 0. The SMILES string of the molecule is O=C1C[C@H](c2ccc(F)c(F)c2F)c2c(cc(O)c3c(=O)c(-c4ccc(O)cc4)coc23)O1. The molecule has 1 aromatic heterocycles. The van der Waals surface area contributed by atoms with E-state index in [-0.39, 0.29) is 39.2 Å². The largest absolute Gasteiger partial charge is 0.508 e. The van der Waals surface area contributed by atoms with Crippen molar-refractivity contribution in [3.8, 4) is 28.4 Å². The molecule has 2 heterocycles. The predicted octanol–water partition coefficient (Wildman–Crippen LogP) is 4.73. The molecule has 0 fully saturated rings. The van der Waals surface area contributed by atoms with Crippen LogP contribution in [0.2, 0.25) is 0 Å². The molecule has 0 amide bonds. The van der Waals surface area contributed by atoms with E-state index in [2.05, 4.69) is 0 Å². The number of fused-ring (bicyclic) bond motifs is 3. The van der Waals surface area contributed by atoms with Gasteiger partial charge in [0, 0.05) is 17.5 Å². The Labute approximate surface area is 183 Å². The third-order valence-electron chi connectivity index (χ3n) is 5.59. The number of rotatable bonds is 2. The molecule has 4 aromatic rings. The van der Waals surface area contributed by atoms with Gasteiger partial charge >= 0.3 is 5.97 Å². The Morgan fingerprint density at radius 2 is 1.67 bits per heavy atom. The van der Waals surface area contributed by atoms with Crippen LogP contribution >= 0.6 is 0 Å². The number of hydrogen-bond acceptors (Lipinski definition) is 6. The number of phenolic OH excluding ortho intramolecular Hbond substituents is 2. The number of ether oxygens (including phenoxy) is 1. The zero-order chi connectivity index (χ0) is 23.4. The summed E-state index contributed by atoms with van der Waals surface area (Å²) in [5.41, 5.74) is -0.634. The molecular formula is C24H13F3O6. The normalized spacial score (nSPS) is 15.4. The second-order valence-corrected chi connectivity index (χ2v) is 7.53. The van der Waals surface area contributed by atoms with Gasteiger partial charge in [0.05, 0.1) is 12.0 Å². The van der Waals surface area contributed by atoms with Crippen LogP contribution in [0.25, 0.3) is 22.1 Å². The average molecular weight is 454 g/mol. The summed E-state index contributed by atoms with van der Waals surface area (Å²) in [6.07, 6.45) is 0.685. The van der Waals surface area contributed by atoms with Crippen LogP contribution < -0.4 is 10.2 Å². The molecule has 166 valence electrons. The van der Waals surface area contributed by atoms with Crippen LogP contribution in [-0.2, 0) is 4.79 Å². The van der Waals surface area contributed by atoms with E-state index >= 15 is 0 Å². The van der Waals surface area contributed by atoms with Crippen molar-refractivity contribution in [1.82, 2.24) is 0 Å². The van der Waals surface area contributed by atoms with Gasteiger partial charge in [-0.2, -0.15) is 0 Å². The fraction of sp³-hybridized carbons (Fsp3) is 0.0833. The first kappa shape index (κ1) is 20.6. The van der Waals surface area contributed by atoms with Crippen molar-refractivity contribution in [3.63, 3.8) is 0 Å². The fourth-order valence-corrected chi connectivity index (χ4v) is 4.05. The number of halogens is 3. The third-order valence-corrected chi connectivity index (χ3v) is 5.59. The maximum absolute atomic E-state index is 14.6. The summed E-state index contributed by atoms with van der Waals surface area (Å²) in [4.78, 5) is 25.4. The van der Waals surface area contributed by atoms with E-state index in [1.165, 1.54) is 24.3 Å². The highest BCUT2D eigenvalue weighted by Crippen LogP contribution is 2.46. The Morgan fingerprint density at radius 1 is 0.939 bits per heavy atom. The number of esters is 1. The molecule has 1 aliphatic heterocycles. The van der Waals surface area contributed by atoms with Gasteiger partial charge in [0.15, 0.2) is 17.5 Å². The standard InChI is InChI=1S/C24H13F3O6/c25-15-6-5-12(21(26)22(15)27)13-7-18(30)33-17-8-16(29)20-23(31)14(9-32-24(20)19(13)17)10-1-3-11(28)4-2-10/h1-6,8-9,13,28-29H,7H2/t13-/m1/s1. The number of carbonyl (C=O) groups is 1.